The monoisotopic (exact) mass is 322 g/mol. The standard InChI is InChI=1S/C16H26N4OS/c1-12-11-22-16(17-12)20-9-8-19(10-13(20)2)14(3)15(21)18-6-4-5-7-18/h11,13-14H,4-10H2,1-3H3/t13-,14+/m0/s1. The predicted molar refractivity (Wildman–Crippen MR) is 90.5 cm³/mol. The molecule has 0 aromatic carbocycles. The van der Waals surface area contributed by atoms with Gasteiger partial charge in [-0.2, -0.15) is 0 Å². The Balaban J connectivity index is 1.60. The summed E-state index contributed by atoms with van der Waals surface area (Å²) in [5.41, 5.74) is 1.09. The molecular formula is C16H26N4OS. The summed E-state index contributed by atoms with van der Waals surface area (Å²) in [6, 6.07) is 0.397. The second-order valence-corrected chi connectivity index (χ2v) is 7.35. The maximum atomic E-state index is 12.6. The lowest BCUT2D eigenvalue weighted by atomic mass is 10.1. The largest absolute Gasteiger partial charge is 0.343 e. The number of thiazole rings is 1. The SMILES string of the molecule is Cc1csc(N2CCN([C@H](C)C(=O)N3CCCC3)C[C@@H]2C)n1. The maximum absolute atomic E-state index is 12.6. The molecule has 2 fully saturated rings. The predicted octanol–water partition coefficient (Wildman–Crippen LogP) is 1.97. The third-order valence-electron chi connectivity index (χ3n) is 4.83. The minimum absolute atomic E-state index is 0.000677. The molecule has 3 rings (SSSR count). The second kappa shape index (κ2) is 6.54. The van der Waals surface area contributed by atoms with E-state index in [1.807, 2.05) is 11.8 Å². The van der Waals surface area contributed by atoms with Gasteiger partial charge in [-0.05, 0) is 33.6 Å². The minimum Gasteiger partial charge on any atom is -0.343 e. The van der Waals surface area contributed by atoms with Crippen LogP contribution in [0.2, 0.25) is 0 Å². The summed E-state index contributed by atoms with van der Waals surface area (Å²) in [6.07, 6.45) is 2.32. The van der Waals surface area contributed by atoms with Crippen molar-refractivity contribution in [3.63, 3.8) is 0 Å². The fourth-order valence-corrected chi connectivity index (χ4v) is 4.39. The van der Waals surface area contributed by atoms with Crippen LogP contribution in [-0.4, -0.2) is 65.5 Å². The van der Waals surface area contributed by atoms with Gasteiger partial charge in [0.05, 0.1) is 11.7 Å². The Labute approximate surface area is 136 Å². The lowest BCUT2D eigenvalue weighted by molar-refractivity contribution is -0.135. The molecule has 0 aliphatic carbocycles. The molecule has 2 aliphatic heterocycles. The quantitative estimate of drug-likeness (QED) is 0.853. The zero-order valence-electron chi connectivity index (χ0n) is 13.8. The lowest BCUT2D eigenvalue weighted by Gasteiger charge is -2.42. The van der Waals surface area contributed by atoms with E-state index in [0.29, 0.717) is 11.9 Å². The van der Waals surface area contributed by atoms with Gasteiger partial charge in [-0.1, -0.05) is 0 Å². The number of carbonyl (C=O) groups excluding carboxylic acids is 1. The van der Waals surface area contributed by atoms with Crippen LogP contribution in [0.4, 0.5) is 5.13 Å². The lowest BCUT2D eigenvalue weighted by Crippen LogP contribution is -2.57. The molecule has 122 valence electrons. The van der Waals surface area contributed by atoms with E-state index >= 15 is 0 Å². The smallest absolute Gasteiger partial charge is 0.239 e. The summed E-state index contributed by atoms with van der Waals surface area (Å²) in [4.78, 5) is 23.9. The van der Waals surface area contributed by atoms with Crippen LogP contribution >= 0.6 is 11.3 Å². The van der Waals surface area contributed by atoms with Gasteiger partial charge in [0.1, 0.15) is 0 Å². The fraction of sp³-hybridized carbons (Fsp3) is 0.750. The van der Waals surface area contributed by atoms with Crippen molar-refractivity contribution in [2.75, 3.05) is 37.6 Å². The molecule has 2 saturated heterocycles. The highest BCUT2D eigenvalue weighted by Gasteiger charge is 2.33. The van der Waals surface area contributed by atoms with Crippen LogP contribution in [0, 0.1) is 6.92 Å². The van der Waals surface area contributed by atoms with Gasteiger partial charge in [-0.25, -0.2) is 4.98 Å². The Morgan fingerprint density at radius 1 is 1.32 bits per heavy atom. The highest BCUT2D eigenvalue weighted by molar-refractivity contribution is 7.13. The summed E-state index contributed by atoms with van der Waals surface area (Å²) in [5.74, 6) is 0.309. The first kappa shape index (κ1) is 15.7. The Kier molecular flexibility index (Phi) is 4.68. The Morgan fingerprint density at radius 2 is 2.05 bits per heavy atom. The molecule has 2 aliphatic rings. The van der Waals surface area contributed by atoms with Crippen molar-refractivity contribution in [3.8, 4) is 0 Å². The van der Waals surface area contributed by atoms with E-state index in [9.17, 15) is 4.79 Å². The van der Waals surface area contributed by atoms with Gasteiger partial charge in [0.2, 0.25) is 5.91 Å². The number of anilines is 1. The topological polar surface area (TPSA) is 39.7 Å². The van der Waals surface area contributed by atoms with E-state index < -0.39 is 0 Å². The zero-order chi connectivity index (χ0) is 15.7. The van der Waals surface area contributed by atoms with E-state index in [4.69, 9.17) is 0 Å². The van der Waals surface area contributed by atoms with Gasteiger partial charge in [0.25, 0.3) is 0 Å². The van der Waals surface area contributed by atoms with Gasteiger partial charge in [-0.3, -0.25) is 9.69 Å². The van der Waals surface area contributed by atoms with Crippen molar-refractivity contribution >= 4 is 22.4 Å². The molecule has 0 unspecified atom stereocenters. The van der Waals surface area contributed by atoms with Crippen LogP contribution in [0.3, 0.4) is 0 Å². The molecule has 1 aromatic rings. The number of likely N-dealkylation sites (tertiary alicyclic amines) is 1. The van der Waals surface area contributed by atoms with E-state index in [-0.39, 0.29) is 6.04 Å². The Morgan fingerprint density at radius 3 is 2.64 bits per heavy atom. The van der Waals surface area contributed by atoms with Crippen LogP contribution in [0.1, 0.15) is 32.4 Å². The van der Waals surface area contributed by atoms with Gasteiger partial charge >= 0.3 is 0 Å². The molecule has 2 atom stereocenters. The highest BCUT2D eigenvalue weighted by atomic mass is 32.1. The van der Waals surface area contributed by atoms with Gasteiger partial charge < -0.3 is 9.80 Å². The van der Waals surface area contributed by atoms with Gasteiger partial charge in [0, 0.05) is 44.1 Å². The van der Waals surface area contributed by atoms with Gasteiger partial charge in [-0.15, -0.1) is 11.3 Å². The summed E-state index contributed by atoms with van der Waals surface area (Å²) in [6.45, 7) is 11.0. The molecule has 22 heavy (non-hydrogen) atoms. The molecule has 1 aromatic heterocycles. The van der Waals surface area contributed by atoms with Crippen molar-refractivity contribution in [2.24, 2.45) is 0 Å². The number of amides is 1. The molecule has 0 saturated carbocycles. The first-order chi connectivity index (χ1) is 10.6. The van der Waals surface area contributed by atoms with Crippen LogP contribution in [0.5, 0.6) is 0 Å². The molecule has 3 heterocycles. The number of rotatable bonds is 3. The highest BCUT2D eigenvalue weighted by Crippen LogP contribution is 2.25. The average molecular weight is 322 g/mol. The maximum Gasteiger partial charge on any atom is 0.239 e. The number of aryl methyl sites for hydroxylation is 1. The number of nitrogens with zero attached hydrogens (tertiary/aromatic N) is 4. The van der Waals surface area contributed by atoms with E-state index in [0.717, 1.165) is 56.4 Å². The molecule has 1 amide bonds. The summed E-state index contributed by atoms with van der Waals surface area (Å²) in [7, 11) is 0. The van der Waals surface area contributed by atoms with Crippen molar-refractivity contribution < 1.29 is 4.79 Å². The number of aromatic nitrogens is 1. The van der Waals surface area contributed by atoms with Crippen molar-refractivity contribution in [3.05, 3.63) is 11.1 Å². The van der Waals surface area contributed by atoms with E-state index in [1.165, 1.54) is 0 Å². The second-order valence-electron chi connectivity index (χ2n) is 6.52. The number of piperazine rings is 1. The average Bonchev–Trinajstić information content (AvgIpc) is 3.17. The van der Waals surface area contributed by atoms with Crippen molar-refractivity contribution in [1.82, 2.24) is 14.8 Å². The molecule has 0 radical (unpaired) electrons. The minimum atomic E-state index is 0.000677. The van der Waals surface area contributed by atoms with E-state index in [1.54, 1.807) is 11.3 Å². The summed E-state index contributed by atoms with van der Waals surface area (Å²) >= 11 is 1.72. The third kappa shape index (κ3) is 3.13. The van der Waals surface area contributed by atoms with Crippen molar-refractivity contribution in [1.29, 1.82) is 0 Å². The van der Waals surface area contributed by atoms with Crippen LogP contribution in [0.15, 0.2) is 5.38 Å². The van der Waals surface area contributed by atoms with Crippen molar-refractivity contribution in [2.45, 2.75) is 45.7 Å². The molecule has 0 bridgehead atoms. The van der Waals surface area contributed by atoms with Gasteiger partial charge in [0.15, 0.2) is 5.13 Å². The molecule has 5 nitrogen and oxygen atoms in total. The van der Waals surface area contributed by atoms with Crippen LogP contribution in [-0.2, 0) is 4.79 Å². The molecular weight excluding hydrogens is 296 g/mol. The first-order valence-corrected chi connectivity index (χ1v) is 9.16. The fourth-order valence-electron chi connectivity index (χ4n) is 3.45. The molecule has 0 N–H and O–H groups in total. The summed E-state index contributed by atoms with van der Waals surface area (Å²) in [5, 5.41) is 3.22. The Hall–Kier alpha value is -1.14. The normalized spacial score (nSPS) is 24.8. The summed E-state index contributed by atoms with van der Waals surface area (Å²) < 4.78 is 0. The third-order valence-corrected chi connectivity index (χ3v) is 5.83. The Bertz CT molecular complexity index is 526. The number of hydrogen-bond acceptors (Lipinski definition) is 5. The zero-order valence-corrected chi connectivity index (χ0v) is 14.6. The van der Waals surface area contributed by atoms with Crippen LogP contribution in [0.25, 0.3) is 0 Å². The first-order valence-electron chi connectivity index (χ1n) is 8.28. The molecule has 6 heteroatoms. The van der Waals surface area contributed by atoms with Crippen LogP contribution < -0.4 is 4.90 Å². The van der Waals surface area contributed by atoms with E-state index in [2.05, 4.69) is 34.0 Å². The number of carbonyl (C=O) groups is 1. The number of hydrogen-bond donors (Lipinski definition) is 0. The molecule has 0 spiro atoms.